The third-order valence-corrected chi connectivity index (χ3v) is 1.83. The smallest absolute Gasteiger partial charge is 0.390 e. The molecule has 0 amide bonds. The number of anilines is 1. The highest BCUT2D eigenvalue weighted by atomic mass is 19.4. The maximum atomic E-state index is 11.8. The molecule has 0 atom stereocenters. The van der Waals surface area contributed by atoms with Crippen molar-refractivity contribution < 1.29 is 17.9 Å². The Labute approximate surface area is 86.1 Å². The Balaban J connectivity index is 2.38. The number of nitrogens with one attached hydrogen (secondary N) is 1. The van der Waals surface area contributed by atoms with Crippen LogP contribution in [0.25, 0.3) is 0 Å². The molecule has 84 valence electrons. The Morgan fingerprint density at radius 1 is 1.20 bits per heavy atom. The molecule has 1 N–H and O–H groups in total. The maximum Gasteiger partial charge on any atom is 0.390 e. The Hall–Kier alpha value is -1.39. The average molecular weight is 219 g/mol. The van der Waals surface area contributed by atoms with E-state index in [9.17, 15) is 13.2 Å². The van der Waals surface area contributed by atoms with Gasteiger partial charge in [-0.2, -0.15) is 13.2 Å². The van der Waals surface area contributed by atoms with Gasteiger partial charge in [-0.3, -0.25) is 0 Å². The van der Waals surface area contributed by atoms with Crippen LogP contribution in [0.1, 0.15) is 6.42 Å². The van der Waals surface area contributed by atoms with Crippen molar-refractivity contribution in [2.45, 2.75) is 12.6 Å². The summed E-state index contributed by atoms with van der Waals surface area (Å²) in [5, 5.41) is 2.68. The van der Waals surface area contributed by atoms with Gasteiger partial charge in [0.2, 0.25) is 0 Å². The molecule has 0 fully saturated rings. The summed E-state index contributed by atoms with van der Waals surface area (Å²) >= 11 is 0. The van der Waals surface area contributed by atoms with Gasteiger partial charge < -0.3 is 10.1 Å². The zero-order valence-electron chi connectivity index (χ0n) is 8.27. The van der Waals surface area contributed by atoms with Crippen LogP contribution in [0.3, 0.4) is 0 Å². The van der Waals surface area contributed by atoms with Crippen molar-refractivity contribution in [2.75, 3.05) is 19.0 Å². The molecule has 1 aromatic rings. The molecule has 1 aromatic carbocycles. The van der Waals surface area contributed by atoms with E-state index in [2.05, 4.69) is 5.32 Å². The van der Waals surface area contributed by atoms with Gasteiger partial charge in [0, 0.05) is 12.2 Å². The van der Waals surface area contributed by atoms with Gasteiger partial charge in [0.05, 0.1) is 13.5 Å². The minimum Gasteiger partial charge on any atom is -0.497 e. The monoisotopic (exact) mass is 219 g/mol. The lowest BCUT2D eigenvalue weighted by Gasteiger charge is -2.09. The summed E-state index contributed by atoms with van der Waals surface area (Å²) in [6, 6.07) is 6.73. The van der Waals surface area contributed by atoms with Gasteiger partial charge in [0.15, 0.2) is 0 Å². The van der Waals surface area contributed by atoms with Gasteiger partial charge in [0.25, 0.3) is 0 Å². The van der Waals surface area contributed by atoms with Crippen LogP contribution in [0.4, 0.5) is 18.9 Å². The zero-order valence-corrected chi connectivity index (χ0v) is 8.27. The topological polar surface area (TPSA) is 21.3 Å². The highest BCUT2D eigenvalue weighted by Crippen LogP contribution is 2.20. The fourth-order valence-electron chi connectivity index (χ4n) is 1.06. The van der Waals surface area contributed by atoms with Crippen LogP contribution >= 0.6 is 0 Å². The molecule has 0 aliphatic rings. The molecule has 0 saturated heterocycles. The van der Waals surface area contributed by atoms with Crippen molar-refractivity contribution >= 4 is 5.69 Å². The quantitative estimate of drug-likeness (QED) is 0.840. The second kappa shape index (κ2) is 4.91. The molecular weight excluding hydrogens is 207 g/mol. The summed E-state index contributed by atoms with van der Waals surface area (Å²) in [5.41, 5.74) is 0.653. The first-order valence-corrected chi connectivity index (χ1v) is 4.46. The van der Waals surface area contributed by atoms with Crippen LogP contribution in [0.15, 0.2) is 24.3 Å². The molecule has 0 unspecified atom stereocenters. The molecule has 15 heavy (non-hydrogen) atoms. The third-order valence-electron chi connectivity index (χ3n) is 1.83. The Bertz CT molecular complexity index is 295. The molecule has 0 radical (unpaired) electrons. The molecule has 2 nitrogen and oxygen atoms in total. The van der Waals surface area contributed by atoms with Crippen LogP contribution in [-0.2, 0) is 0 Å². The van der Waals surface area contributed by atoms with Crippen LogP contribution < -0.4 is 10.1 Å². The lowest BCUT2D eigenvalue weighted by Crippen LogP contribution is -2.14. The number of halogens is 3. The molecule has 0 aliphatic heterocycles. The number of alkyl halides is 3. The first-order valence-electron chi connectivity index (χ1n) is 4.46. The van der Waals surface area contributed by atoms with E-state index in [-0.39, 0.29) is 6.54 Å². The fraction of sp³-hybridized carbons (Fsp3) is 0.400. The predicted molar refractivity (Wildman–Crippen MR) is 52.2 cm³/mol. The molecule has 0 spiro atoms. The van der Waals surface area contributed by atoms with E-state index >= 15 is 0 Å². The van der Waals surface area contributed by atoms with Gasteiger partial charge in [-0.1, -0.05) is 0 Å². The largest absolute Gasteiger partial charge is 0.497 e. The van der Waals surface area contributed by atoms with Crippen LogP contribution in [0.5, 0.6) is 5.75 Å². The van der Waals surface area contributed by atoms with Crippen molar-refractivity contribution in [1.82, 2.24) is 0 Å². The van der Waals surface area contributed by atoms with E-state index < -0.39 is 12.6 Å². The molecule has 0 saturated carbocycles. The number of hydrogen-bond acceptors (Lipinski definition) is 2. The van der Waals surface area contributed by atoms with E-state index in [0.29, 0.717) is 11.4 Å². The summed E-state index contributed by atoms with van der Waals surface area (Å²) in [6.07, 6.45) is -4.95. The summed E-state index contributed by atoms with van der Waals surface area (Å²) in [6.45, 7) is -0.115. The van der Waals surface area contributed by atoms with Crippen molar-refractivity contribution in [2.24, 2.45) is 0 Å². The van der Waals surface area contributed by atoms with Crippen molar-refractivity contribution in [1.29, 1.82) is 0 Å². The molecule has 5 heteroatoms. The average Bonchev–Trinajstić information content (AvgIpc) is 2.17. The standard InChI is InChI=1S/C10H12F3NO/c1-15-9-4-2-8(3-5-9)14-7-6-10(11,12)13/h2-5,14H,6-7H2,1H3. The Morgan fingerprint density at radius 2 is 1.80 bits per heavy atom. The van der Waals surface area contributed by atoms with E-state index in [1.54, 1.807) is 24.3 Å². The van der Waals surface area contributed by atoms with Gasteiger partial charge in [-0.25, -0.2) is 0 Å². The first kappa shape index (κ1) is 11.7. The minimum absolute atomic E-state index is 0.115. The van der Waals surface area contributed by atoms with Crippen molar-refractivity contribution in [3.05, 3.63) is 24.3 Å². The van der Waals surface area contributed by atoms with E-state index in [0.717, 1.165) is 0 Å². The SMILES string of the molecule is COc1ccc(NCCC(F)(F)F)cc1. The summed E-state index contributed by atoms with van der Waals surface area (Å²) < 4.78 is 40.4. The molecule has 0 bridgehead atoms. The van der Waals surface area contributed by atoms with Crippen LogP contribution in [-0.4, -0.2) is 19.8 Å². The molecule has 0 aliphatic carbocycles. The highest BCUT2D eigenvalue weighted by molar-refractivity contribution is 5.46. The molecule has 1 rings (SSSR count). The van der Waals surface area contributed by atoms with E-state index in [1.807, 2.05) is 0 Å². The van der Waals surface area contributed by atoms with E-state index in [1.165, 1.54) is 7.11 Å². The zero-order chi connectivity index (χ0) is 11.3. The normalized spacial score (nSPS) is 11.2. The molecular formula is C10H12F3NO. The van der Waals surface area contributed by atoms with Crippen molar-refractivity contribution in [3.63, 3.8) is 0 Å². The minimum atomic E-state index is -4.11. The van der Waals surface area contributed by atoms with E-state index in [4.69, 9.17) is 4.74 Å². The predicted octanol–water partition coefficient (Wildman–Crippen LogP) is 3.06. The summed E-state index contributed by atoms with van der Waals surface area (Å²) in [7, 11) is 1.53. The number of hydrogen-bond donors (Lipinski definition) is 1. The second-order valence-corrected chi connectivity index (χ2v) is 3.02. The summed E-state index contributed by atoms with van der Waals surface area (Å²) in [5.74, 6) is 0.677. The molecule has 0 aromatic heterocycles. The number of methoxy groups -OCH3 is 1. The molecule has 0 heterocycles. The Morgan fingerprint density at radius 3 is 2.27 bits per heavy atom. The lowest BCUT2D eigenvalue weighted by molar-refractivity contribution is -0.131. The first-order chi connectivity index (χ1) is 7.01. The number of rotatable bonds is 4. The van der Waals surface area contributed by atoms with Gasteiger partial charge >= 0.3 is 6.18 Å². The lowest BCUT2D eigenvalue weighted by atomic mass is 10.3. The number of ether oxygens (including phenoxy) is 1. The summed E-state index contributed by atoms with van der Waals surface area (Å²) in [4.78, 5) is 0. The fourth-order valence-corrected chi connectivity index (χ4v) is 1.06. The van der Waals surface area contributed by atoms with Gasteiger partial charge in [0.1, 0.15) is 5.75 Å². The van der Waals surface area contributed by atoms with Crippen molar-refractivity contribution in [3.8, 4) is 5.75 Å². The Kier molecular flexibility index (Phi) is 3.82. The number of benzene rings is 1. The van der Waals surface area contributed by atoms with Gasteiger partial charge in [-0.05, 0) is 24.3 Å². The highest BCUT2D eigenvalue weighted by Gasteiger charge is 2.25. The van der Waals surface area contributed by atoms with Crippen LogP contribution in [0.2, 0.25) is 0 Å². The maximum absolute atomic E-state index is 11.8. The third kappa shape index (κ3) is 4.58. The second-order valence-electron chi connectivity index (χ2n) is 3.02. The van der Waals surface area contributed by atoms with Gasteiger partial charge in [-0.15, -0.1) is 0 Å². The van der Waals surface area contributed by atoms with Crippen LogP contribution in [0, 0.1) is 0 Å².